The van der Waals surface area contributed by atoms with E-state index in [2.05, 4.69) is 29.1 Å². The summed E-state index contributed by atoms with van der Waals surface area (Å²) < 4.78 is 0. The minimum Gasteiger partial charge on any atom is -0.388 e. The average Bonchev–Trinajstić information content (AvgIpc) is 2.26. The Balaban J connectivity index is 2.65. The lowest BCUT2D eigenvalue weighted by atomic mass is 10.0. The first-order valence-electron chi connectivity index (χ1n) is 6.27. The summed E-state index contributed by atoms with van der Waals surface area (Å²) in [6, 6.07) is 1.94. The zero-order chi connectivity index (χ0) is 12.9. The van der Waals surface area contributed by atoms with Crippen molar-refractivity contribution in [2.24, 2.45) is 0 Å². The van der Waals surface area contributed by atoms with Crippen LogP contribution in [0.3, 0.4) is 0 Å². The minimum atomic E-state index is -0.681. The topological polar surface area (TPSA) is 58.0 Å². The average molecular weight is 237 g/mol. The van der Waals surface area contributed by atoms with E-state index in [1.165, 1.54) is 0 Å². The molecule has 2 N–H and O–H groups in total. The van der Waals surface area contributed by atoms with Gasteiger partial charge in [-0.25, -0.2) is 9.97 Å². The van der Waals surface area contributed by atoms with Gasteiger partial charge in [0.25, 0.3) is 0 Å². The number of aryl methyl sites for hydroxylation is 2. The van der Waals surface area contributed by atoms with Crippen LogP contribution in [0.1, 0.15) is 45.1 Å². The number of rotatable bonds is 6. The van der Waals surface area contributed by atoms with Crippen molar-refractivity contribution in [1.29, 1.82) is 0 Å². The Morgan fingerprint density at radius 1 is 1.35 bits per heavy atom. The molecule has 1 aromatic rings. The maximum atomic E-state index is 10.1. The SMILES string of the molecule is CCCC(C)(O)CNc1cc(CC)nc(C)n1. The molecule has 1 atom stereocenters. The summed E-state index contributed by atoms with van der Waals surface area (Å²) in [6.07, 6.45) is 2.64. The highest BCUT2D eigenvalue weighted by molar-refractivity contribution is 5.36. The lowest BCUT2D eigenvalue weighted by molar-refractivity contribution is 0.0636. The number of aliphatic hydroxyl groups is 1. The summed E-state index contributed by atoms with van der Waals surface area (Å²) in [6.45, 7) is 8.38. The van der Waals surface area contributed by atoms with Gasteiger partial charge in [0.05, 0.1) is 5.60 Å². The molecule has 0 bridgehead atoms. The van der Waals surface area contributed by atoms with Gasteiger partial charge in [-0.2, -0.15) is 0 Å². The van der Waals surface area contributed by atoms with Gasteiger partial charge in [-0.3, -0.25) is 0 Å². The Labute approximate surface area is 103 Å². The molecule has 96 valence electrons. The van der Waals surface area contributed by atoms with Gasteiger partial charge in [0.15, 0.2) is 0 Å². The second kappa shape index (κ2) is 5.96. The number of aromatic nitrogens is 2. The molecule has 0 fully saturated rings. The third kappa shape index (κ3) is 4.69. The summed E-state index contributed by atoms with van der Waals surface area (Å²) in [5.41, 5.74) is 0.343. The van der Waals surface area contributed by atoms with Crippen LogP contribution in [0.25, 0.3) is 0 Å². The van der Waals surface area contributed by atoms with Crippen molar-refractivity contribution in [2.75, 3.05) is 11.9 Å². The standard InChI is InChI=1S/C13H23N3O/c1-5-7-13(4,17)9-14-12-8-11(6-2)15-10(3)16-12/h8,17H,5-7,9H2,1-4H3,(H,14,15,16). The molecular weight excluding hydrogens is 214 g/mol. The van der Waals surface area contributed by atoms with Crippen molar-refractivity contribution in [3.05, 3.63) is 17.6 Å². The second-order valence-corrected chi connectivity index (χ2v) is 4.75. The van der Waals surface area contributed by atoms with Crippen molar-refractivity contribution < 1.29 is 5.11 Å². The van der Waals surface area contributed by atoms with Gasteiger partial charge in [0.1, 0.15) is 11.6 Å². The summed E-state index contributed by atoms with van der Waals surface area (Å²) >= 11 is 0. The van der Waals surface area contributed by atoms with Crippen LogP contribution in [0.15, 0.2) is 6.07 Å². The van der Waals surface area contributed by atoms with Crippen LogP contribution in [0, 0.1) is 6.92 Å². The monoisotopic (exact) mass is 237 g/mol. The fraction of sp³-hybridized carbons (Fsp3) is 0.692. The zero-order valence-corrected chi connectivity index (χ0v) is 11.2. The molecule has 1 rings (SSSR count). The molecule has 0 aliphatic heterocycles. The van der Waals surface area contributed by atoms with Crippen molar-refractivity contribution in [3.63, 3.8) is 0 Å². The third-order valence-electron chi connectivity index (χ3n) is 2.69. The Morgan fingerprint density at radius 2 is 2.06 bits per heavy atom. The molecule has 0 amide bonds. The van der Waals surface area contributed by atoms with E-state index in [-0.39, 0.29) is 0 Å². The van der Waals surface area contributed by atoms with Gasteiger partial charge in [0.2, 0.25) is 0 Å². The van der Waals surface area contributed by atoms with E-state index in [0.717, 1.165) is 36.6 Å². The molecule has 0 saturated heterocycles. The quantitative estimate of drug-likeness (QED) is 0.797. The normalized spacial score (nSPS) is 14.4. The summed E-state index contributed by atoms with van der Waals surface area (Å²) in [5.74, 6) is 1.56. The molecule has 1 unspecified atom stereocenters. The molecule has 1 aromatic heterocycles. The highest BCUT2D eigenvalue weighted by Crippen LogP contribution is 2.14. The largest absolute Gasteiger partial charge is 0.388 e. The van der Waals surface area contributed by atoms with Crippen molar-refractivity contribution in [1.82, 2.24) is 9.97 Å². The molecule has 0 aromatic carbocycles. The van der Waals surface area contributed by atoms with Crippen molar-refractivity contribution in [2.45, 2.75) is 52.6 Å². The Hall–Kier alpha value is -1.16. The van der Waals surface area contributed by atoms with E-state index in [9.17, 15) is 5.11 Å². The smallest absolute Gasteiger partial charge is 0.130 e. The van der Waals surface area contributed by atoms with Crippen molar-refractivity contribution in [3.8, 4) is 0 Å². The Morgan fingerprint density at radius 3 is 2.65 bits per heavy atom. The van der Waals surface area contributed by atoms with Crippen molar-refractivity contribution >= 4 is 5.82 Å². The van der Waals surface area contributed by atoms with E-state index < -0.39 is 5.60 Å². The molecule has 0 aliphatic rings. The first-order chi connectivity index (χ1) is 7.96. The fourth-order valence-corrected chi connectivity index (χ4v) is 1.81. The minimum absolute atomic E-state index is 0.514. The molecule has 4 nitrogen and oxygen atoms in total. The third-order valence-corrected chi connectivity index (χ3v) is 2.69. The second-order valence-electron chi connectivity index (χ2n) is 4.75. The van der Waals surface area contributed by atoms with Crippen LogP contribution in [-0.4, -0.2) is 27.2 Å². The van der Waals surface area contributed by atoms with E-state index >= 15 is 0 Å². The predicted octanol–water partition coefficient (Wildman–Crippen LogP) is 2.31. The van der Waals surface area contributed by atoms with Gasteiger partial charge in [-0.1, -0.05) is 20.3 Å². The number of nitrogens with one attached hydrogen (secondary N) is 1. The maximum Gasteiger partial charge on any atom is 0.130 e. The molecule has 17 heavy (non-hydrogen) atoms. The highest BCUT2D eigenvalue weighted by atomic mass is 16.3. The van der Waals surface area contributed by atoms with Gasteiger partial charge < -0.3 is 10.4 Å². The van der Waals surface area contributed by atoms with Gasteiger partial charge in [-0.15, -0.1) is 0 Å². The van der Waals surface area contributed by atoms with Crippen LogP contribution in [-0.2, 0) is 6.42 Å². The summed E-state index contributed by atoms with van der Waals surface area (Å²) in [4.78, 5) is 8.63. The van der Waals surface area contributed by atoms with Crippen LogP contribution >= 0.6 is 0 Å². The molecule has 0 radical (unpaired) electrons. The highest BCUT2D eigenvalue weighted by Gasteiger charge is 2.18. The maximum absolute atomic E-state index is 10.1. The Kier molecular flexibility index (Phi) is 4.87. The fourth-order valence-electron chi connectivity index (χ4n) is 1.81. The van der Waals surface area contributed by atoms with Crippen LogP contribution < -0.4 is 5.32 Å². The van der Waals surface area contributed by atoms with Crippen LogP contribution in [0.2, 0.25) is 0 Å². The summed E-state index contributed by atoms with van der Waals surface area (Å²) in [5, 5.41) is 13.2. The van der Waals surface area contributed by atoms with E-state index in [1.807, 2.05) is 19.9 Å². The number of hydrogen-bond donors (Lipinski definition) is 2. The Bertz CT molecular complexity index is 364. The summed E-state index contributed by atoms with van der Waals surface area (Å²) in [7, 11) is 0. The first-order valence-corrected chi connectivity index (χ1v) is 6.27. The lowest BCUT2D eigenvalue weighted by Crippen LogP contribution is -2.33. The molecule has 0 aliphatic carbocycles. The van der Waals surface area contributed by atoms with E-state index in [1.54, 1.807) is 0 Å². The lowest BCUT2D eigenvalue weighted by Gasteiger charge is -2.23. The van der Waals surface area contributed by atoms with Gasteiger partial charge in [0, 0.05) is 18.3 Å². The van der Waals surface area contributed by atoms with Crippen LogP contribution in [0.4, 0.5) is 5.82 Å². The van der Waals surface area contributed by atoms with E-state index in [4.69, 9.17) is 0 Å². The molecule has 0 saturated carbocycles. The first kappa shape index (κ1) is 13.9. The zero-order valence-electron chi connectivity index (χ0n) is 11.2. The number of hydrogen-bond acceptors (Lipinski definition) is 4. The number of nitrogens with zero attached hydrogens (tertiary/aromatic N) is 2. The molecule has 4 heteroatoms. The molecule has 1 heterocycles. The van der Waals surface area contributed by atoms with Crippen LogP contribution in [0.5, 0.6) is 0 Å². The van der Waals surface area contributed by atoms with E-state index in [0.29, 0.717) is 6.54 Å². The van der Waals surface area contributed by atoms with Gasteiger partial charge >= 0.3 is 0 Å². The molecular formula is C13H23N3O. The predicted molar refractivity (Wildman–Crippen MR) is 70.2 cm³/mol. The van der Waals surface area contributed by atoms with Gasteiger partial charge in [-0.05, 0) is 26.7 Å². The number of anilines is 1. The molecule has 0 spiro atoms.